The van der Waals surface area contributed by atoms with Crippen LogP contribution in [0.3, 0.4) is 0 Å². The molecule has 3 aromatic heterocycles. The maximum absolute atomic E-state index is 13.5. The molecule has 590 valence electrons. The van der Waals surface area contributed by atoms with Crippen LogP contribution in [0, 0.1) is 40.5 Å². The van der Waals surface area contributed by atoms with Crippen LogP contribution in [0.4, 0.5) is 86.1 Å². The Morgan fingerprint density at radius 1 is 0.347 bits per heavy atom. The van der Waals surface area contributed by atoms with E-state index >= 15 is 0 Å². The number of benzene rings is 8. The lowest BCUT2D eigenvalue weighted by Crippen LogP contribution is -2.21. The normalized spacial score (nSPS) is 12.2. The van der Waals surface area contributed by atoms with E-state index in [1.165, 1.54) is 54.6 Å². The van der Waals surface area contributed by atoms with Crippen molar-refractivity contribution in [1.29, 1.82) is 0 Å². The highest BCUT2D eigenvalue weighted by Crippen LogP contribution is 2.47. The molecule has 29 heteroatoms. The first-order chi connectivity index (χ1) is 57.3. The molecule has 11 aromatic rings. The number of nitrogens with one attached hydrogen (secondary N) is 6. The molecule has 14 rings (SSSR count). The molecule has 118 heavy (non-hydrogen) atoms. The highest BCUT2D eigenvalue weighted by molar-refractivity contribution is 6.33. The Morgan fingerprint density at radius 2 is 0.636 bits per heavy atom. The Morgan fingerprint density at radius 3 is 0.958 bits per heavy atom. The first-order valence-corrected chi connectivity index (χ1v) is 37.4. The van der Waals surface area contributed by atoms with Crippen LogP contribution >= 0.6 is 0 Å². The number of carbonyl (C=O) groups is 6. The van der Waals surface area contributed by atoms with Gasteiger partial charge in [0.1, 0.15) is 51.8 Å². The molecule has 0 unspecified atom stereocenters. The highest BCUT2D eigenvalue weighted by Gasteiger charge is 2.37. The Bertz CT molecular complexity index is 6050. The van der Waals surface area contributed by atoms with Gasteiger partial charge in [0.25, 0.3) is 0 Å². The molecular weight excluding hydrogens is 1500 g/mol. The topological polar surface area (TPSA) is 380 Å². The predicted molar refractivity (Wildman–Crippen MR) is 449 cm³/mol. The minimum atomic E-state index is -0.514. The number of ether oxygens (including phenoxy) is 2. The summed E-state index contributed by atoms with van der Waals surface area (Å²) in [6.45, 7) is 34.1. The molecule has 29 nitrogen and oxygen atoms in total. The fourth-order valence-electron chi connectivity index (χ4n) is 13.5. The average molecular weight is 1580 g/mol. The number of rotatable bonds is 26. The molecule has 3 aliphatic carbocycles. The van der Waals surface area contributed by atoms with Gasteiger partial charge in [-0.05, 0) is 104 Å². The molecule has 0 spiro atoms. The smallest absolute Gasteiger partial charge is 0.233 e. The SMILES string of the molecule is [C-]#[N+]c1c(NCCC)nc(NCCc2ccccc2)c(N=Nc2cccc3c2C(=O)c2c(O)cccc2C3=O)c1C.[C-]#[N+]c1c(NCCOC)nc(NC)c(N=Nc2cccc3c2C(=O)c2c(O)cccc2C3=O)c1C.[C-]#[N+]c1c(NCCc2ccccc2)nc(NCCOC)c(N=Nc2cccc3c2C(=O)c2c(O)cccc2C3=O)c1C. The van der Waals surface area contributed by atoms with Crippen molar-refractivity contribution in [2.75, 3.05) is 99.1 Å². The minimum absolute atomic E-state index is 0.0459. The molecule has 0 aliphatic heterocycles. The summed E-state index contributed by atoms with van der Waals surface area (Å²) in [5.74, 6) is -0.966. The number of anilines is 6. The monoisotopic (exact) mass is 1570 g/mol. The zero-order valence-electron chi connectivity index (χ0n) is 65.2. The number of aromatic nitrogens is 3. The van der Waals surface area contributed by atoms with Gasteiger partial charge in [-0.25, -0.2) is 29.5 Å². The molecule has 3 aliphatic rings. The Balaban J connectivity index is 0.000000163. The third kappa shape index (κ3) is 17.1. The van der Waals surface area contributed by atoms with Crippen molar-refractivity contribution >= 4 is 121 Å². The van der Waals surface area contributed by atoms with Gasteiger partial charge in [-0.2, -0.15) is 0 Å². The van der Waals surface area contributed by atoms with E-state index < -0.39 is 17.3 Å². The van der Waals surface area contributed by atoms with Gasteiger partial charge in [-0.1, -0.05) is 140 Å². The van der Waals surface area contributed by atoms with Gasteiger partial charge in [-0.3, -0.25) is 28.8 Å². The largest absolute Gasteiger partial charge is 0.507 e. The second kappa shape index (κ2) is 37.5. The summed E-state index contributed by atoms with van der Waals surface area (Å²) < 4.78 is 10.2. The standard InChI is InChI=1S/C32H28N6O4.C32H28N6O3.C25H22N6O4/c1-19-27(33-2)31(34-16-15-20-9-5-4-6-10-20)36-32(35-17-18-42-3)28(19)38-37-23-13-7-11-21-25(23)30(41)26-22(29(21)40)12-8-14-24(26)39;1-4-17-34-31-27(33-3)19(2)28(32(36-31)35-18-16-20-10-6-5-7-11-20)38-37-23-14-8-12-21-25(23)30(41)26-22(29(21)40)13-9-15-24(26)39;1-13-20(26-2)25(28-11-12-35-4)29-24(27-3)21(13)31-30-16-9-5-7-14-18(16)23(34)19-15(22(14)33)8-6-10-17(19)32/h4-14,39H,15-18H2,1,3H3,(H2,34,35,36);5-15,39H,4,16-18H2,1-2H3,(H2,34,35,36);5-10,32H,11-12H2,1,3-4H3,(H2,27,28,29). The highest BCUT2D eigenvalue weighted by atomic mass is 16.5. The van der Waals surface area contributed by atoms with Gasteiger partial charge in [0.2, 0.25) is 17.1 Å². The van der Waals surface area contributed by atoms with Crippen molar-refractivity contribution in [3.8, 4) is 17.2 Å². The van der Waals surface area contributed by atoms with Crippen molar-refractivity contribution in [2.24, 2.45) is 30.7 Å². The van der Waals surface area contributed by atoms with Crippen molar-refractivity contribution in [2.45, 2.75) is 47.0 Å². The number of fused-ring (bicyclic) bond motifs is 6. The van der Waals surface area contributed by atoms with Crippen molar-refractivity contribution in [3.63, 3.8) is 0 Å². The number of pyridine rings is 3. The maximum atomic E-state index is 13.5. The zero-order chi connectivity index (χ0) is 83.7. The summed E-state index contributed by atoms with van der Waals surface area (Å²) >= 11 is 0. The summed E-state index contributed by atoms with van der Waals surface area (Å²) in [6.07, 6.45) is 2.35. The molecule has 0 fully saturated rings. The van der Waals surface area contributed by atoms with E-state index in [9.17, 15) is 44.1 Å². The summed E-state index contributed by atoms with van der Waals surface area (Å²) in [6, 6.07) is 47.5. The Hall–Kier alpha value is -15.4. The molecule has 3 heterocycles. The van der Waals surface area contributed by atoms with Gasteiger partial charge in [0.15, 0.2) is 52.2 Å². The van der Waals surface area contributed by atoms with Crippen LogP contribution < -0.4 is 31.9 Å². The van der Waals surface area contributed by atoms with E-state index in [1.54, 1.807) is 96.6 Å². The molecule has 0 atom stereocenters. The molecule has 0 amide bonds. The molecule has 8 aromatic carbocycles. The van der Waals surface area contributed by atoms with E-state index in [0.29, 0.717) is 126 Å². The van der Waals surface area contributed by atoms with E-state index in [-0.39, 0.29) is 124 Å². The number of ketones is 6. The van der Waals surface area contributed by atoms with E-state index in [2.05, 4.69) is 87.1 Å². The molecule has 0 saturated carbocycles. The summed E-state index contributed by atoms with van der Waals surface area (Å²) in [5, 5.41) is 76.4. The number of methoxy groups -OCH3 is 2. The molecule has 0 bridgehead atoms. The molecule has 0 radical (unpaired) electrons. The van der Waals surface area contributed by atoms with Gasteiger partial charge in [0, 0.05) is 87.4 Å². The number of nitrogens with zero attached hydrogens (tertiary/aromatic N) is 12. The van der Waals surface area contributed by atoms with Gasteiger partial charge < -0.3 is 56.7 Å². The lowest BCUT2D eigenvalue weighted by atomic mass is 9.83. The van der Waals surface area contributed by atoms with Crippen LogP contribution in [0.1, 0.15) is 137 Å². The number of hydrogen-bond donors (Lipinski definition) is 9. The van der Waals surface area contributed by atoms with Gasteiger partial charge >= 0.3 is 0 Å². The molecule has 0 saturated heterocycles. The van der Waals surface area contributed by atoms with Crippen LogP contribution in [0.2, 0.25) is 0 Å². The molecular formula is C89H78N18O11. The van der Waals surface area contributed by atoms with Crippen LogP contribution in [-0.2, 0) is 22.3 Å². The lowest BCUT2D eigenvalue weighted by Gasteiger charge is -2.19. The maximum Gasteiger partial charge on any atom is 0.233 e. The van der Waals surface area contributed by atoms with E-state index in [1.807, 2.05) is 67.6 Å². The second-order valence-electron chi connectivity index (χ2n) is 26.8. The first kappa shape index (κ1) is 82.1. The van der Waals surface area contributed by atoms with Crippen molar-refractivity contribution in [3.05, 3.63) is 299 Å². The average Bonchev–Trinajstić information content (AvgIpc) is 0.752. The Labute approximate surface area is 678 Å². The lowest BCUT2D eigenvalue weighted by molar-refractivity contribution is 0.0977. The Kier molecular flexibility index (Phi) is 26.1. The van der Waals surface area contributed by atoms with Crippen LogP contribution in [0.25, 0.3) is 14.5 Å². The summed E-state index contributed by atoms with van der Waals surface area (Å²) in [7, 11) is 4.84. The number of hydrogen-bond acceptors (Lipinski definition) is 26. The predicted octanol–water partition coefficient (Wildman–Crippen LogP) is 18.8. The number of phenolic OH excluding ortho intramolecular Hbond substituents is 3. The summed E-state index contributed by atoms with van der Waals surface area (Å²) in [5.41, 5.74) is 7.47. The summed E-state index contributed by atoms with van der Waals surface area (Å²) in [4.78, 5) is 104. The second-order valence-corrected chi connectivity index (χ2v) is 26.8. The minimum Gasteiger partial charge on any atom is -0.507 e. The van der Waals surface area contributed by atoms with Gasteiger partial charge in [-0.15, -0.1) is 30.7 Å². The van der Waals surface area contributed by atoms with Crippen LogP contribution in [-0.4, -0.2) is 132 Å². The third-order valence-electron chi connectivity index (χ3n) is 19.4. The fourth-order valence-corrected chi connectivity index (χ4v) is 13.5. The third-order valence-corrected chi connectivity index (χ3v) is 19.4. The zero-order valence-corrected chi connectivity index (χ0v) is 65.2. The van der Waals surface area contributed by atoms with Crippen LogP contribution in [0.5, 0.6) is 17.2 Å². The number of phenols is 3. The van der Waals surface area contributed by atoms with Gasteiger partial charge in [0.05, 0.1) is 83.4 Å². The first-order valence-electron chi connectivity index (χ1n) is 37.4. The van der Waals surface area contributed by atoms with E-state index in [0.717, 1.165) is 30.4 Å². The number of carbonyl (C=O) groups excluding carboxylic acids is 6. The van der Waals surface area contributed by atoms with Crippen LogP contribution in [0.15, 0.2) is 201 Å². The quantitative estimate of drug-likeness (QED) is 0.0138. The number of aromatic hydroxyl groups is 3. The molecule has 9 N–H and O–H groups in total. The van der Waals surface area contributed by atoms with Crippen molar-refractivity contribution in [1.82, 2.24) is 15.0 Å². The number of azo groups is 3. The van der Waals surface area contributed by atoms with Crippen molar-refractivity contribution < 1.29 is 53.6 Å². The fraction of sp³-hybridized carbons (Fsp3) is 0.191. The van der Waals surface area contributed by atoms with E-state index in [4.69, 9.17) is 34.2 Å².